The predicted molar refractivity (Wildman–Crippen MR) is 141 cm³/mol. The van der Waals surface area contributed by atoms with Gasteiger partial charge in [-0.15, -0.1) is 0 Å². The van der Waals surface area contributed by atoms with Crippen LogP contribution in [0.3, 0.4) is 0 Å². The molecule has 0 spiro atoms. The Bertz CT molecular complexity index is 1450. The van der Waals surface area contributed by atoms with Crippen molar-refractivity contribution in [3.8, 4) is 11.1 Å². The molecule has 2 N–H and O–H groups in total. The third-order valence-corrected chi connectivity index (χ3v) is 7.41. The minimum atomic E-state index is -0.293. The van der Waals surface area contributed by atoms with Crippen molar-refractivity contribution >= 4 is 28.4 Å². The van der Waals surface area contributed by atoms with Gasteiger partial charge in [0, 0.05) is 17.7 Å². The Labute approximate surface area is 214 Å². The Morgan fingerprint density at radius 2 is 2.03 bits per heavy atom. The average molecular weight is 505 g/mol. The molecule has 0 saturated carbocycles. The first-order chi connectivity index (χ1) is 17.4. The van der Waals surface area contributed by atoms with Crippen LogP contribution in [0.1, 0.15) is 41.7 Å². The fourth-order valence-electron chi connectivity index (χ4n) is 4.76. The Balaban J connectivity index is 1.34. The summed E-state index contributed by atoms with van der Waals surface area (Å²) in [4.78, 5) is 33.0. The van der Waals surface area contributed by atoms with Crippen LogP contribution >= 0.6 is 11.6 Å². The largest absolute Gasteiger partial charge is 0.352 e. The maximum atomic E-state index is 13.3. The molecule has 186 valence electrons. The van der Waals surface area contributed by atoms with E-state index in [1.807, 2.05) is 43.3 Å². The number of halogens is 1. The van der Waals surface area contributed by atoms with E-state index < -0.39 is 0 Å². The number of likely N-dealkylation sites (tertiary alicyclic amines) is 1. The minimum absolute atomic E-state index is 0.0857. The molecule has 1 saturated heterocycles. The van der Waals surface area contributed by atoms with Crippen molar-refractivity contribution in [2.75, 3.05) is 26.7 Å². The maximum absolute atomic E-state index is 13.3. The molecule has 1 fully saturated rings. The van der Waals surface area contributed by atoms with E-state index in [4.69, 9.17) is 11.6 Å². The Hall–Kier alpha value is -3.49. The van der Waals surface area contributed by atoms with Gasteiger partial charge in [0.2, 0.25) is 0 Å². The number of carbonyl (C=O) groups excluding carboxylic acids is 1. The second-order valence-corrected chi connectivity index (χ2v) is 9.92. The fourth-order valence-corrected chi connectivity index (χ4v) is 4.96. The third kappa shape index (κ3) is 4.92. The monoisotopic (exact) mass is 504 g/mol. The van der Waals surface area contributed by atoms with Crippen LogP contribution in [-0.4, -0.2) is 57.2 Å². The summed E-state index contributed by atoms with van der Waals surface area (Å²) in [6.07, 6.45) is 5.40. The standard InChI is InChI=1S/C27H29ClN6O2/c1-17(19-4-3-5-21(12-19)26(35)29-14-18-8-10-33(2)11-9-18)34-16-30-24-13-20(6-7-22(24)27(34)36)23-15-31-32-25(23)28/h3-7,12-13,15-18H,8-11,14H2,1-2H3,(H,29,35)(H,31,32)/t17-/m1/s1. The number of aromatic amines is 1. The molecular weight excluding hydrogens is 476 g/mol. The lowest BCUT2D eigenvalue weighted by molar-refractivity contribution is 0.0939. The van der Waals surface area contributed by atoms with Gasteiger partial charge >= 0.3 is 0 Å². The highest BCUT2D eigenvalue weighted by Crippen LogP contribution is 2.27. The Morgan fingerprint density at radius 3 is 2.78 bits per heavy atom. The van der Waals surface area contributed by atoms with E-state index in [0.717, 1.165) is 42.6 Å². The zero-order chi connectivity index (χ0) is 25.2. The summed E-state index contributed by atoms with van der Waals surface area (Å²) < 4.78 is 1.60. The van der Waals surface area contributed by atoms with Crippen LogP contribution < -0.4 is 10.9 Å². The average Bonchev–Trinajstić information content (AvgIpc) is 3.33. The summed E-state index contributed by atoms with van der Waals surface area (Å²) in [7, 11) is 2.13. The zero-order valence-electron chi connectivity index (χ0n) is 20.4. The van der Waals surface area contributed by atoms with Gasteiger partial charge in [-0.05, 0) is 81.2 Å². The summed E-state index contributed by atoms with van der Waals surface area (Å²) in [6, 6.07) is 12.6. The number of benzene rings is 2. The summed E-state index contributed by atoms with van der Waals surface area (Å²) in [5, 5.41) is 10.7. The normalized spacial score (nSPS) is 15.8. The summed E-state index contributed by atoms with van der Waals surface area (Å²) in [6.45, 7) is 4.76. The summed E-state index contributed by atoms with van der Waals surface area (Å²) >= 11 is 6.16. The van der Waals surface area contributed by atoms with Crippen molar-refractivity contribution in [2.24, 2.45) is 5.92 Å². The van der Waals surface area contributed by atoms with Crippen LogP contribution in [-0.2, 0) is 0 Å². The van der Waals surface area contributed by atoms with Crippen LogP contribution in [0.2, 0.25) is 5.15 Å². The number of carbonyl (C=O) groups is 1. The molecule has 1 aliphatic rings. The first kappa shape index (κ1) is 24.2. The third-order valence-electron chi connectivity index (χ3n) is 7.13. The lowest BCUT2D eigenvalue weighted by Crippen LogP contribution is -2.36. The zero-order valence-corrected chi connectivity index (χ0v) is 21.1. The van der Waals surface area contributed by atoms with Crippen LogP contribution in [0, 0.1) is 5.92 Å². The Kier molecular flexibility index (Phi) is 6.89. The van der Waals surface area contributed by atoms with Crippen LogP contribution in [0.25, 0.3) is 22.0 Å². The molecule has 1 aliphatic heterocycles. The number of hydrogen-bond donors (Lipinski definition) is 2. The number of hydrogen-bond acceptors (Lipinski definition) is 5. The van der Waals surface area contributed by atoms with Crippen LogP contribution in [0.5, 0.6) is 0 Å². The van der Waals surface area contributed by atoms with E-state index in [2.05, 4.69) is 32.4 Å². The number of amides is 1. The molecule has 0 aliphatic carbocycles. The molecule has 2 aromatic carbocycles. The highest BCUT2D eigenvalue weighted by atomic mass is 35.5. The van der Waals surface area contributed by atoms with Gasteiger partial charge in [0.15, 0.2) is 0 Å². The van der Waals surface area contributed by atoms with E-state index in [0.29, 0.717) is 34.1 Å². The van der Waals surface area contributed by atoms with Gasteiger partial charge in [0.05, 0.1) is 29.5 Å². The van der Waals surface area contributed by atoms with Crippen molar-refractivity contribution in [3.63, 3.8) is 0 Å². The second kappa shape index (κ2) is 10.2. The number of fused-ring (bicyclic) bond motifs is 1. The minimum Gasteiger partial charge on any atom is -0.352 e. The number of aromatic nitrogens is 4. The second-order valence-electron chi connectivity index (χ2n) is 9.54. The topological polar surface area (TPSA) is 95.9 Å². The highest BCUT2D eigenvalue weighted by Gasteiger charge is 2.19. The first-order valence-electron chi connectivity index (χ1n) is 12.2. The van der Waals surface area contributed by atoms with Crippen molar-refractivity contribution in [3.05, 3.63) is 81.6 Å². The van der Waals surface area contributed by atoms with E-state index in [1.165, 1.54) is 0 Å². The van der Waals surface area contributed by atoms with Crippen molar-refractivity contribution < 1.29 is 4.79 Å². The molecular formula is C27H29ClN6O2. The van der Waals surface area contributed by atoms with Gasteiger partial charge in [0.25, 0.3) is 11.5 Å². The summed E-state index contributed by atoms with van der Waals surface area (Å²) in [5.74, 6) is 0.428. The smallest absolute Gasteiger partial charge is 0.261 e. The lowest BCUT2D eigenvalue weighted by atomic mass is 9.97. The van der Waals surface area contributed by atoms with E-state index >= 15 is 0 Å². The molecule has 3 heterocycles. The number of piperidine rings is 1. The number of nitrogens with zero attached hydrogens (tertiary/aromatic N) is 4. The molecule has 36 heavy (non-hydrogen) atoms. The van der Waals surface area contributed by atoms with Crippen molar-refractivity contribution in [2.45, 2.75) is 25.8 Å². The van der Waals surface area contributed by atoms with Crippen molar-refractivity contribution in [1.29, 1.82) is 0 Å². The summed E-state index contributed by atoms with van der Waals surface area (Å²) in [5.41, 5.74) is 3.49. The molecule has 5 rings (SSSR count). The lowest BCUT2D eigenvalue weighted by Gasteiger charge is -2.28. The highest BCUT2D eigenvalue weighted by molar-refractivity contribution is 6.32. The number of nitrogens with one attached hydrogen (secondary N) is 2. The predicted octanol–water partition coefficient (Wildman–Crippen LogP) is 4.12. The maximum Gasteiger partial charge on any atom is 0.261 e. The molecule has 0 bridgehead atoms. The van der Waals surface area contributed by atoms with Gasteiger partial charge < -0.3 is 10.2 Å². The van der Waals surface area contributed by atoms with Gasteiger partial charge in [-0.2, -0.15) is 5.10 Å². The fraction of sp³-hybridized carbons (Fsp3) is 0.333. The van der Waals surface area contributed by atoms with Crippen molar-refractivity contribution in [1.82, 2.24) is 30.0 Å². The molecule has 2 aromatic heterocycles. The molecule has 0 radical (unpaired) electrons. The first-order valence-corrected chi connectivity index (χ1v) is 12.6. The SMILES string of the molecule is C[C@H](c1cccc(C(=O)NCC2CCN(C)CC2)c1)n1cnc2cc(-c3cn[nH]c3Cl)ccc2c1=O. The van der Waals surface area contributed by atoms with Gasteiger partial charge in [-0.1, -0.05) is 29.8 Å². The van der Waals surface area contributed by atoms with Gasteiger partial charge in [-0.3, -0.25) is 19.3 Å². The quantitative estimate of drug-likeness (QED) is 0.412. The van der Waals surface area contributed by atoms with Gasteiger partial charge in [0.1, 0.15) is 5.15 Å². The molecule has 1 atom stereocenters. The van der Waals surface area contributed by atoms with Crippen LogP contribution in [0.15, 0.2) is 59.8 Å². The van der Waals surface area contributed by atoms with E-state index in [1.54, 1.807) is 23.2 Å². The van der Waals surface area contributed by atoms with E-state index in [-0.39, 0.29) is 17.5 Å². The Morgan fingerprint density at radius 1 is 1.22 bits per heavy atom. The van der Waals surface area contributed by atoms with Crippen LogP contribution in [0.4, 0.5) is 0 Å². The number of H-pyrrole nitrogens is 1. The molecule has 1 amide bonds. The van der Waals surface area contributed by atoms with E-state index in [9.17, 15) is 9.59 Å². The number of rotatable bonds is 6. The van der Waals surface area contributed by atoms with Gasteiger partial charge in [-0.25, -0.2) is 4.98 Å². The molecule has 9 heteroatoms. The molecule has 8 nitrogen and oxygen atoms in total. The molecule has 4 aromatic rings. The molecule has 0 unspecified atom stereocenters.